The van der Waals surface area contributed by atoms with Crippen molar-refractivity contribution in [3.63, 3.8) is 0 Å². The van der Waals surface area contributed by atoms with E-state index in [1.807, 2.05) is 78.9 Å². The average Bonchev–Trinajstić information content (AvgIpc) is 1.63. The fraction of sp³-hybridized carbons (Fsp3) is 0. The Labute approximate surface area is 475 Å². The molecule has 0 amide bonds. The Morgan fingerprint density at radius 2 is 0.938 bits per heavy atom. The van der Waals surface area contributed by atoms with E-state index in [2.05, 4.69) is 166 Å². The van der Waals surface area contributed by atoms with Gasteiger partial charge in [-0.15, -0.1) is 22.7 Å². The van der Waals surface area contributed by atoms with Crippen LogP contribution < -0.4 is 0 Å². The van der Waals surface area contributed by atoms with Crippen molar-refractivity contribution in [2.75, 3.05) is 0 Å². The van der Waals surface area contributed by atoms with Crippen molar-refractivity contribution in [2.24, 2.45) is 0 Å². The molecule has 6 heteroatoms. The quantitative estimate of drug-likeness (QED) is 0.147. The first kappa shape index (κ1) is 40.9. The van der Waals surface area contributed by atoms with E-state index in [4.69, 9.17) is 4.11 Å². The van der Waals surface area contributed by atoms with E-state index in [-0.39, 0.29) is 17.6 Å². The predicted molar refractivity (Wildman–Crippen MR) is 339 cm³/mol. The molecule has 0 fully saturated rings. The number of para-hydroxylation sites is 1. The smallest absolute Gasteiger partial charge is 0.220 e. The zero-order chi connectivity index (χ0) is 57.4. The van der Waals surface area contributed by atoms with Crippen molar-refractivity contribution in [1.29, 1.82) is 5.26 Å². The van der Waals surface area contributed by atoms with E-state index < -0.39 is 18.1 Å². The Balaban J connectivity index is 1.16. The summed E-state index contributed by atoms with van der Waals surface area (Å²) in [5, 5.41) is 20.3. The van der Waals surface area contributed by atoms with Gasteiger partial charge in [0, 0.05) is 63.6 Å². The molecule has 0 radical (unpaired) electrons. The maximum Gasteiger partial charge on any atom is 0.220 e. The van der Waals surface area contributed by atoms with Gasteiger partial charge in [-0.1, -0.05) is 236 Å². The normalized spacial score (nSPS) is 12.6. The van der Waals surface area contributed by atoms with Gasteiger partial charge in [0.1, 0.15) is 6.07 Å². The number of rotatable bonds is 7. The van der Waals surface area contributed by atoms with Crippen LogP contribution in [0.25, 0.3) is 156 Å². The highest BCUT2D eigenvalue weighted by atomic mass is 32.1. The summed E-state index contributed by atoms with van der Waals surface area (Å²) in [5.41, 5.74) is 13.0. The third-order valence-corrected chi connectivity index (χ3v) is 18.3. The molecule has 0 aliphatic rings. The number of nitrogens with zero attached hydrogens (tertiary/aromatic N) is 4. The minimum atomic E-state index is -0.448. The van der Waals surface area contributed by atoms with E-state index >= 15 is 0 Å². The van der Waals surface area contributed by atoms with Crippen LogP contribution in [-0.4, -0.2) is 9.13 Å². The second kappa shape index (κ2) is 18.1. The lowest BCUT2D eigenvalue weighted by Crippen LogP contribution is -2.09. The topological polar surface area (TPSA) is 38.0 Å². The van der Waals surface area contributed by atoms with Crippen LogP contribution in [0.2, 0.25) is 0 Å². The summed E-state index contributed by atoms with van der Waals surface area (Å²) in [6.45, 7) is 9.59. The van der Waals surface area contributed by atoms with Crippen LogP contribution in [0, 0.1) is 17.9 Å². The molecular weight excluding hydrogens is 1010 g/mol. The van der Waals surface area contributed by atoms with Gasteiger partial charge in [0.15, 0.2) is 0 Å². The molecule has 0 aliphatic heterocycles. The first-order valence-corrected chi connectivity index (χ1v) is 28.0. The van der Waals surface area contributed by atoms with E-state index in [0.717, 1.165) is 112 Å². The van der Waals surface area contributed by atoms with Gasteiger partial charge >= 0.3 is 0 Å². The first-order valence-electron chi connectivity index (χ1n) is 28.9. The molecule has 12 aromatic carbocycles. The molecule has 80 heavy (non-hydrogen) atoms. The molecule has 16 rings (SSSR count). The highest BCUT2D eigenvalue weighted by Gasteiger charge is 2.34. The van der Waals surface area contributed by atoms with Crippen molar-refractivity contribution in [1.82, 2.24) is 9.13 Å². The monoisotopic (exact) mass is 1060 g/mol. The van der Waals surface area contributed by atoms with Crippen LogP contribution in [0.4, 0.5) is 5.69 Å². The zero-order valence-electron chi connectivity index (χ0n) is 47.5. The summed E-state index contributed by atoms with van der Waals surface area (Å²) in [4.78, 5) is 4.64. The van der Waals surface area contributed by atoms with E-state index in [1.165, 1.54) is 11.3 Å². The van der Waals surface area contributed by atoms with Crippen LogP contribution >= 0.6 is 22.7 Å². The summed E-state index contributed by atoms with van der Waals surface area (Å²) in [6.07, 6.45) is 0. The minimum absolute atomic E-state index is 0.134. The number of fused-ring (bicyclic) bond motifs is 14. The standard InChI is InChI=1S/C74H42N4S2/c1-76-67-64(48-28-13-5-14-29-48)59(44-75)68(65(49-30-15-6-16-31-49)71(67)77-60-36-19-17-33-58(60)66-61(77)43-42-50(45-22-7-2-8-23-45)63(66)47-26-11-4-12-27-47)78-69-53(38-40-56-52-32-18-20-37-62(52)79-73(56)69)54-39-41-57-55-35-21-34-51(46-24-9-3-10-25-46)72(55)80-74(57)70(54)78/h2-43H/i3D,9D,10D,24D,25D. The highest BCUT2D eigenvalue weighted by molar-refractivity contribution is 7.27. The molecular formula is C74H42N4S2. The van der Waals surface area contributed by atoms with Gasteiger partial charge < -0.3 is 9.13 Å². The van der Waals surface area contributed by atoms with Gasteiger partial charge in [0.2, 0.25) is 5.69 Å². The number of hydrogen-bond donors (Lipinski definition) is 0. The van der Waals surface area contributed by atoms with Crippen molar-refractivity contribution in [3.8, 4) is 73.1 Å². The van der Waals surface area contributed by atoms with Crippen molar-refractivity contribution >= 4 is 112 Å². The van der Waals surface area contributed by atoms with Gasteiger partial charge in [0.05, 0.1) is 61.8 Å². The van der Waals surface area contributed by atoms with Crippen LogP contribution in [-0.2, 0) is 0 Å². The van der Waals surface area contributed by atoms with Crippen molar-refractivity contribution in [3.05, 3.63) is 272 Å². The Bertz CT molecular complexity index is 5590. The third-order valence-electron chi connectivity index (χ3n) is 15.9. The second-order valence-electron chi connectivity index (χ2n) is 20.0. The number of benzene rings is 12. The summed E-state index contributed by atoms with van der Waals surface area (Å²) >= 11 is 3.23. The molecule has 0 spiro atoms. The number of nitriles is 1. The number of hydrogen-bond acceptors (Lipinski definition) is 3. The van der Waals surface area contributed by atoms with Crippen molar-refractivity contribution in [2.45, 2.75) is 0 Å². The third kappa shape index (κ3) is 6.65. The SMILES string of the molecule is [2H]c1c([2H])c([2H])c(-c2cccc3c2sc2c3ccc3c4ccc5c6ccccc6sc5c4n(-c4c(C#N)c(-c5ccccc5)c([N+]#[C-])c(-n5c6ccccc6c6c(-c7ccccc7)c(-c7ccccc7)ccc65)c4-c4ccccc4)c32)c([2H])c1[2H]. The Morgan fingerprint density at radius 1 is 0.400 bits per heavy atom. The Kier molecular flexibility index (Phi) is 9.26. The van der Waals surface area contributed by atoms with Crippen LogP contribution in [0.3, 0.4) is 0 Å². The molecule has 0 saturated carbocycles. The molecule has 4 heterocycles. The molecule has 0 atom stereocenters. The summed E-state index contributed by atoms with van der Waals surface area (Å²) in [6, 6.07) is 77.9. The molecule has 4 aromatic heterocycles. The predicted octanol–water partition coefficient (Wildman–Crippen LogP) is 21.4. The van der Waals surface area contributed by atoms with E-state index in [9.17, 15) is 14.6 Å². The van der Waals surface area contributed by atoms with Gasteiger partial charge in [-0.25, -0.2) is 4.85 Å². The Morgan fingerprint density at radius 3 is 1.60 bits per heavy atom. The fourth-order valence-electron chi connectivity index (χ4n) is 12.6. The average molecular weight is 1060 g/mol. The Hall–Kier alpha value is -10.3. The van der Waals surface area contributed by atoms with Crippen LogP contribution in [0.15, 0.2) is 255 Å². The van der Waals surface area contributed by atoms with Crippen LogP contribution in [0.1, 0.15) is 12.4 Å². The largest absolute Gasteiger partial charge is 0.318 e. The maximum atomic E-state index is 12.4. The lowest BCUT2D eigenvalue weighted by atomic mass is 9.88. The fourth-order valence-corrected chi connectivity index (χ4v) is 15.2. The van der Waals surface area contributed by atoms with E-state index in [1.54, 1.807) is 11.3 Å². The molecule has 0 saturated heterocycles. The lowest BCUT2D eigenvalue weighted by molar-refractivity contribution is 1.14. The molecule has 0 unspecified atom stereocenters. The lowest BCUT2D eigenvalue weighted by Gasteiger charge is -2.26. The summed E-state index contributed by atoms with van der Waals surface area (Å²) in [5.74, 6) is 0. The first-order chi connectivity index (χ1) is 41.7. The number of thiophene rings is 2. The van der Waals surface area contributed by atoms with Gasteiger partial charge in [-0.2, -0.15) is 5.26 Å². The van der Waals surface area contributed by atoms with Gasteiger partial charge in [-0.3, -0.25) is 0 Å². The minimum Gasteiger partial charge on any atom is -0.318 e. The second-order valence-corrected chi connectivity index (χ2v) is 22.1. The van der Waals surface area contributed by atoms with E-state index in [0.29, 0.717) is 44.9 Å². The van der Waals surface area contributed by atoms with Crippen LogP contribution in [0.5, 0.6) is 0 Å². The number of aromatic nitrogens is 2. The molecule has 0 aliphatic carbocycles. The molecule has 16 aromatic rings. The zero-order valence-corrected chi connectivity index (χ0v) is 44.1. The van der Waals surface area contributed by atoms with Crippen molar-refractivity contribution < 1.29 is 6.85 Å². The molecule has 0 bridgehead atoms. The van der Waals surface area contributed by atoms with Gasteiger partial charge in [-0.05, 0) is 62.7 Å². The summed E-state index contributed by atoms with van der Waals surface area (Å²) in [7, 11) is 0. The molecule has 370 valence electrons. The van der Waals surface area contributed by atoms with Gasteiger partial charge in [0.25, 0.3) is 0 Å². The summed E-state index contributed by atoms with van der Waals surface area (Å²) < 4.78 is 52.7. The molecule has 4 nitrogen and oxygen atoms in total. The highest BCUT2D eigenvalue weighted by Crippen LogP contribution is 2.56. The molecule has 0 N–H and O–H groups in total. The maximum absolute atomic E-state index is 12.4.